The van der Waals surface area contributed by atoms with Crippen LogP contribution in [0.1, 0.15) is 17.2 Å². The van der Waals surface area contributed by atoms with Crippen LogP contribution in [0.25, 0.3) is 10.8 Å². The molecule has 0 saturated carbocycles. The van der Waals surface area contributed by atoms with Crippen molar-refractivity contribution in [1.82, 2.24) is 0 Å². The average Bonchev–Trinajstić information content (AvgIpc) is 2.88. The fourth-order valence-corrected chi connectivity index (χ4v) is 5.03. The Labute approximate surface area is 219 Å². The van der Waals surface area contributed by atoms with Gasteiger partial charge < -0.3 is 20.4 Å². The quantitative estimate of drug-likeness (QED) is 0.265. The Hall–Kier alpha value is -3.51. The zero-order valence-electron chi connectivity index (χ0n) is 19.5. The molecular weight excluding hydrogens is 495 g/mol. The fraction of sp³-hybridized carbons (Fsp3) is 0.138. The summed E-state index contributed by atoms with van der Waals surface area (Å²) in [5, 5.41) is 28.6. The zero-order valence-corrected chi connectivity index (χ0v) is 21.0. The monoisotopic (exact) mass is 518 g/mol. The van der Waals surface area contributed by atoms with Gasteiger partial charge in [0.05, 0.1) is 17.3 Å². The molecule has 1 aliphatic rings. The summed E-state index contributed by atoms with van der Waals surface area (Å²) in [4.78, 5) is 15.5. The number of Topliss-reactive ketones (excluding diaryl/α,β-unsaturated/α-hetero) is 1. The first-order valence-corrected chi connectivity index (χ1v) is 12.3. The molecule has 2 unspecified atom stereocenters. The van der Waals surface area contributed by atoms with Gasteiger partial charge in [-0.1, -0.05) is 71.7 Å². The topological polar surface area (TPSA) is 72.8 Å². The highest BCUT2D eigenvalue weighted by Crippen LogP contribution is 2.42. The first-order chi connectivity index (χ1) is 17.3. The number of benzene rings is 4. The molecule has 36 heavy (non-hydrogen) atoms. The first kappa shape index (κ1) is 24.2. The van der Waals surface area contributed by atoms with E-state index in [4.69, 9.17) is 23.2 Å². The van der Waals surface area contributed by atoms with Crippen molar-refractivity contribution in [1.29, 1.82) is 0 Å². The van der Waals surface area contributed by atoms with E-state index in [-0.39, 0.29) is 11.5 Å². The lowest BCUT2D eigenvalue weighted by Gasteiger charge is -2.33. The SMILES string of the molecule is CN1C(O)=C(C(=O)C(Cc2ccc(Cl)cc2)Nc2ccc3ccccc3c2)C(O)c2c(Cl)cccc21. The Bertz CT molecular complexity index is 1480. The summed E-state index contributed by atoms with van der Waals surface area (Å²) in [6, 6.07) is 25.4. The van der Waals surface area contributed by atoms with E-state index in [0.717, 1.165) is 22.0 Å². The van der Waals surface area contributed by atoms with Crippen molar-refractivity contribution in [2.45, 2.75) is 18.6 Å². The Balaban J connectivity index is 1.54. The molecule has 1 aliphatic heterocycles. The number of hydrogen-bond acceptors (Lipinski definition) is 5. The van der Waals surface area contributed by atoms with Gasteiger partial charge in [0.25, 0.3) is 0 Å². The molecule has 0 fully saturated rings. The highest BCUT2D eigenvalue weighted by molar-refractivity contribution is 6.32. The highest BCUT2D eigenvalue weighted by atomic mass is 35.5. The van der Waals surface area contributed by atoms with Crippen molar-refractivity contribution in [3.63, 3.8) is 0 Å². The van der Waals surface area contributed by atoms with Crippen LogP contribution in [-0.4, -0.2) is 29.1 Å². The van der Waals surface area contributed by atoms with E-state index in [2.05, 4.69) is 5.32 Å². The molecule has 0 aromatic heterocycles. The third kappa shape index (κ3) is 4.53. The van der Waals surface area contributed by atoms with Crippen LogP contribution in [0.2, 0.25) is 10.0 Å². The first-order valence-electron chi connectivity index (χ1n) is 11.5. The lowest BCUT2D eigenvalue weighted by Crippen LogP contribution is -2.38. The normalized spacial score (nSPS) is 16.1. The van der Waals surface area contributed by atoms with E-state index in [0.29, 0.717) is 27.7 Å². The molecule has 0 bridgehead atoms. The summed E-state index contributed by atoms with van der Waals surface area (Å²) >= 11 is 12.5. The second-order valence-corrected chi connectivity index (χ2v) is 9.67. The molecule has 7 heteroatoms. The number of hydrogen-bond donors (Lipinski definition) is 3. The number of anilines is 2. The van der Waals surface area contributed by atoms with E-state index in [1.54, 1.807) is 37.4 Å². The third-order valence-electron chi connectivity index (χ3n) is 6.52. The van der Waals surface area contributed by atoms with Gasteiger partial charge in [-0.2, -0.15) is 0 Å². The van der Waals surface area contributed by atoms with E-state index in [1.165, 1.54) is 4.90 Å². The molecule has 1 heterocycles. The smallest absolute Gasteiger partial charge is 0.201 e. The van der Waals surface area contributed by atoms with Crippen LogP contribution >= 0.6 is 23.2 Å². The van der Waals surface area contributed by atoms with Crippen LogP contribution in [-0.2, 0) is 11.2 Å². The molecule has 0 spiro atoms. The van der Waals surface area contributed by atoms with Gasteiger partial charge in [0, 0.05) is 34.8 Å². The summed E-state index contributed by atoms with van der Waals surface area (Å²) in [5.74, 6) is -0.732. The van der Waals surface area contributed by atoms with Gasteiger partial charge in [-0.05, 0) is 52.7 Å². The van der Waals surface area contributed by atoms with Gasteiger partial charge in [-0.15, -0.1) is 0 Å². The Morgan fingerprint density at radius 2 is 1.69 bits per heavy atom. The standard InChI is InChI=1S/C29H24Cl2N2O3/c1-33-24-8-4-7-22(31)25(24)28(35)26(29(33)36)27(34)23(15-17-9-12-20(30)13-10-17)32-21-14-11-18-5-2-3-6-19(18)16-21/h2-14,16,23,28,32,35-36H,15H2,1H3. The minimum Gasteiger partial charge on any atom is -0.494 e. The largest absolute Gasteiger partial charge is 0.494 e. The third-order valence-corrected chi connectivity index (χ3v) is 7.10. The minimum atomic E-state index is -1.37. The number of ketones is 1. The van der Waals surface area contributed by atoms with Crippen LogP contribution < -0.4 is 10.2 Å². The lowest BCUT2D eigenvalue weighted by molar-refractivity contribution is -0.117. The van der Waals surface area contributed by atoms with E-state index < -0.39 is 17.9 Å². The predicted octanol–water partition coefficient (Wildman–Crippen LogP) is 6.69. The van der Waals surface area contributed by atoms with Gasteiger partial charge in [-0.25, -0.2) is 0 Å². The number of nitrogens with one attached hydrogen (secondary N) is 1. The molecule has 2 atom stereocenters. The van der Waals surface area contributed by atoms with Crippen molar-refractivity contribution >= 4 is 51.1 Å². The van der Waals surface area contributed by atoms with Gasteiger partial charge in [-0.3, -0.25) is 4.79 Å². The van der Waals surface area contributed by atoms with Crippen molar-refractivity contribution in [3.05, 3.63) is 118 Å². The molecule has 5 rings (SSSR count). The van der Waals surface area contributed by atoms with Crippen molar-refractivity contribution in [3.8, 4) is 0 Å². The Morgan fingerprint density at radius 3 is 2.44 bits per heavy atom. The number of aliphatic hydroxyl groups is 2. The van der Waals surface area contributed by atoms with Crippen LogP contribution in [0.3, 0.4) is 0 Å². The number of aliphatic hydroxyl groups excluding tert-OH is 2. The minimum absolute atomic E-state index is 0.106. The molecular formula is C29H24Cl2N2O3. The Kier molecular flexibility index (Phi) is 6.63. The van der Waals surface area contributed by atoms with E-state index in [1.807, 2.05) is 54.6 Å². The molecule has 0 aliphatic carbocycles. The van der Waals surface area contributed by atoms with Crippen LogP contribution in [0.4, 0.5) is 11.4 Å². The van der Waals surface area contributed by atoms with Gasteiger partial charge >= 0.3 is 0 Å². The molecule has 182 valence electrons. The summed E-state index contributed by atoms with van der Waals surface area (Å²) in [5.41, 5.74) is 2.45. The number of fused-ring (bicyclic) bond motifs is 2. The average molecular weight is 519 g/mol. The van der Waals surface area contributed by atoms with Gasteiger partial charge in [0.1, 0.15) is 6.10 Å². The van der Waals surface area contributed by atoms with Crippen molar-refractivity contribution < 1.29 is 15.0 Å². The Morgan fingerprint density at radius 1 is 0.972 bits per heavy atom. The summed E-state index contributed by atoms with van der Waals surface area (Å²) in [6.45, 7) is 0. The molecule has 4 aromatic rings. The summed E-state index contributed by atoms with van der Waals surface area (Å²) in [7, 11) is 1.63. The van der Waals surface area contributed by atoms with Crippen LogP contribution in [0.5, 0.6) is 0 Å². The molecule has 5 nitrogen and oxygen atoms in total. The number of halogens is 2. The molecule has 3 N–H and O–H groups in total. The maximum Gasteiger partial charge on any atom is 0.201 e. The van der Waals surface area contributed by atoms with Crippen LogP contribution in [0, 0.1) is 0 Å². The maximum absolute atomic E-state index is 14.0. The fourth-order valence-electron chi connectivity index (χ4n) is 4.63. The molecule has 4 aromatic carbocycles. The molecule has 0 radical (unpaired) electrons. The molecule has 0 amide bonds. The van der Waals surface area contributed by atoms with Gasteiger partial charge in [0.15, 0.2) is 5.78 Å². The summed E-state index contributed by atoms with van der Waals surface area (Å²) < 4.78 is 0. The van der Waals surface area contributed by atoms with E-state index in [9.17, 15) is 15.0 Å². The highest BCUT2D eigenvalue weighted by Gasteiger charge is 2.38. The summed E-state index contributed by atoms with van der Waals surface area (Å²) in [6.07, 6.45) is -1.06. The van der Waals surface area contributed by atoms with Crippen molar-refractivity contribution in [2.75, 3.05) is 17.3 Å². The van der Waals surface area contributed by atoms with Gasteiger partial charge in [0.2, 0.25) is 5.88 Å². The second kappa shape index (κ2) is 9.86. The number of rotatable bonds is 6. The van der Waals surface area contributed by atoms with Crippen LogP contribution in [0.15, 0.2) is 96.4 Å². The number of carbonyl (C=O) groups is 1. The van der Waals surface area contributed by atoms with E-state index >= 15 is 0 Å². The molecule has 0 saturated heterocycles. The zero-order chi connectivity index (χ0) is 25.4. The predicted molar refractivity (Wildman–Crippen MR) is 146 cm³/mol. The maximum atomic E-state index is 14.0. The number of carbonyl (C=O) groups excluding carboxylic acids is 1. The lowest BCUT2D eigenvalue weighted by atomic mass is 9.88. The second-order valence-electron chi connectivity index (χ2n) is 8.83. The van der Waals surface area contributed by atoms with Crippen molar-refractivity contribution in [2.24, 2.45) is 0 Å². The number of nitrogens with zero attached hydrogens (tertiary/aromatic N) is 1.